The van der Waals surface area contributed by atoms with Crippen LogP contribution in [0.15, 0.2) is 46.9 Å². The van der Waals surface area contributed by atoms with Crippen molar-refractivity contribution >= 4 is 33.5 Å². The lowest BCUT2D eigenvalue weighted by molar-refractivity contribution is -0.118. The van der Waals surface area contributed by atoms with E-state index in [1.165, 1.54) is 19.2 Å². The SMILES string of the molecule is COc1ccccc1OCC(=O)Nc1ccc(Br)cc1C(=O)O. The third kappa shape index (κ3) is 4.46. The summed E-state index contributed by atoms with van der Waals surface area (Å²) >= 11 is 3.19. The number of nitrogens with one attached hydrogen (secondary N) is 1. The summed E-state index contributed by atoms with van der Waals surface area (Å²) in [5.74, 6) is -0.664. The average Bonchev–Trinajstić information content (AvgIpc) is 2.54. The molecule has 0 atom stereocenters. The minimum Gasteiger partial charge on any atom is -0.493 e. The fraction of sp³-hybridized carbons (Fsp3) is 0.125. The molecule has 2 aromatic carbocycles. The number of hydrogen-bond acceptors (Lipinski definition) is 4. The van der Waals surface area contributed by atoms with Crippen molar-refractivity contribution in [1.82, 2.24) is 0 Å². The van der Waals surface area contributed by atoms with E-state index in [2.05, 4.69) is 21.2 Å². The summed E-state index contributed by atoms with van der Waals surface area (Å²) in [6.45, 7) is -0.268. The molecule has 0 fully saturated rings. The molecule has 0 aliphatic heterocycles. The first-order chi connectivity index (χ1) is 11.0. The second-order valence-electron chi connectivity index (χ2n) is 4.48. The molecule has 0 saturated heterocycles. The number of carbonyl (C=O) groups excluding carboxylic acids is 1. The molecule has 0 aliphatic rings. The number of carboxylic acid groups (broad SMARTS) is 1. The van der Waals surface area contributed by atoms with Gasteiger partial charge in [-0.3, -0.25) is 4.79 Å². The molecule has 23 heavy (non-hydrogen) atoms. The number of amides is 1. The molecule has 7 heteroatoms. The van der Waals surface area contributed by atoms with Crippen molar-refractivity contribution in [1.29, 1.82) is 0 Å². The molecular weight excluding hydrogens is 366 g/mol. The van der Waals surface area contributed by atoms with Gasteiger partial charge in [0.15, 0.2) is 18.1 Å². The summed E-state index contributed by atoms with van der Waals surface area (Å²) in [6, 6.07) is 11.5. The van der Waals surface area contributed by atoms with Crippen molar-refractivity contribution in [3.05, 3.63) is 52.5 Å². The van der Waals surface area contributed by atoms with E-state index in [4.69, 9.17) is 14.6 Å². The number of ether oxygens (including phenoxy) is 2. The minimum atomic E-state index is -1.13. The first-order valence-electron chi connectivity index (χ1n) is 6.59. The molecule has 6 nitrogen and oxygen atoms in total. The predicted molar refractivity (Wildman–Crippen MR) is 88.2 cm³/mol. The van der Waals surface area contributed by atoms with Crippen LogP contribution in [0.4, 0.5) is 5.69 Å². The Balaban J connectivity index is 2.04. The summed E-state index contributed by atoms with van der Waals surface area (Å²) in [5, 5.41) is 11.7. The van der Waals surface area contributed by atoms with Crippen LogP contribution in [0.25, 0.3) is 0 Å². The van der Waals surface area contributed by atoms with Gasteiger partial charge in [0, 0.05) is 4.47 Å². The molecule has 0 saturated carbocycles. The number of anilines is 1. The number of benzene rings is 2. The number of methoxy groups -OCH3 is 1. The molecular formula is C16H14BrNO5. The van der Waals surface area contributed by atoms with Crippen molar-refractivity contribution in [3.8, 4) is 11.5 Å². The molecule has 2 aromatic rings. The fourth-order valence-corrected chi connectivity index (χ4v) is 2.23. The second kappa shape index (κ2) is 7.64. The largest absolute Gasteiger partial charge is 0.493 e. The van der Waals surface area contributed by atoms with E-state index in [0.29, 0.717) is 16.0 Å². The van der Waals surface area contributed by atoms with Crippen LogP contribution in [0.1, 0.15) is 10.4 Å². The summed E-state index contributed by atoms with van der Waals surface area (Å²) in [4.78, 5) is 23.2. The van der Waals surface area contributed by atoms with Crippen molar-refractivity contribution in [2.24, 2.45) is 0 Å². The summed E-state index contributed by atoms with van der Waals surface area (Å²) < 4.78 is 11.1. The Morgan fingerprint density at radius 2 is 1.87 bits per heavy atom. The molecule has 2 rings (SSSR count). The predicted octanol–water partition coefficient (Wildman–Crippen LogP) is 3.17. The van der Waals surface area contributed by atoms with E-state index in [0.717, 1.165) is 0 Å². The van der Waals surface area contributed by atoms with Gasteiger partial charge < -0.3 is 19.9 Å². The van der Waals surface area contributed by atoms with E-state index in [1.807, 2.05) is 0 Å². The number of para-hydroxylation sites is 2. The van der Waals surface area contributed by atoms with Gasteiger partial charge in [0.2, 0.25) is 0 Å². The van der Waals surface area contributed by atoms with Crippen LogP contribution >= 0.6 is 15.9 Å². The Kier molecular flexibility index (Phi) is 5.59. The van der Waals surface area contributed by atoms with Gasteiger partial charge in [-0.1, -0.05) is 28.1 Å². The maximum Gasteiger partial charge on any atom is 0.337 e. The highest BCUT2D eigenvalue weighted by molar-refractivity contribution is 9.10. The van der Waals surface area contributed by atoms with Crippen LogP contribution < -0.4 is 14.8 Å². The van der Waals surface area contributed by atoms with Crippen LogP contribution in [-0.4, -0.2) is 30.7 Å². The first kappa shape index (κ1) is 16.8. The molecule has 0 radical (unpaired) electrons. The van der Waals surface area contributed by atoms with Crippen molar-refractivity contribution in [2.45, 2.75) is 0 Å². The third-order valence-electron chi connectivity index (χ3n) is 2.91. The van der Waals surface area contributed by atoms with E-state index in [9.17, 15) is 9.59 Å². The lowest BCUT2D eigenvalue weighted by Gasteiger charge is -2.11. The minimum absolute atomic E-state index is 0.00924. The smallest absolute Gasteiger partial charge is 0.337 e. The van der Waals surface area contributed by atoms with Gasteiger partial charge in [-0.05, 0) is 30.3 Å². The van der Waals surface area contributed by atoms with Crippen LogP contribution in [0.3, 0.4) is 0 Å². The second-order valence-corrected chi connectivity index (χ2v) is 5.40. The molecule has 120 valence electrons. The monoisotopic (exact) mass is 379 g/mol. The van der Waals surface area contributed by atoms with E-state index >= 15 is 0 Å². The van der Waals surface area contributed by atoms with Gasteiger partial charge in [-0.25, -0.2) is 4.79 Å². The Bertz CT molecular complexity index is 732. The Labute approximate surface area is 141 Å². The number of hydrogen-bond donors (Lipinski definition) is 2. The van der Waals surface area contributed by atoms with E-state index in [-0.39, 0.29) is 17.9 Å². The maximum absolute atomic E-state index is 12.0. The van der Waals surface area contributed by atoms with Gasteiger partial charge in [0.1, 0.15) is 0 Å². The van der Waals surface area contributed by atoms with Crippen molar-refractivity contribution in [3.63, 3.8) is 0 Å². The highest BCUT2D eigenvalue weighted by atomic mass is 79.9. The summed E-state index contributed by atoms with van der Waals surface area (Å²) in [7, 11) is 1.50. The van der Waals surface area contributed by atoms with Gasteiger partial charge in [0.25, 0.3) is 5.91 Å². The van der Waals surface area contributed by atoms with Crippen LogP contribution in [0.5, 0.6) is 11.5 Å². The standard InChI is InChI=1S/C16H14BrNO5/c1-22-13-4-2-3-5-14(13)23-9-15(19)18-12-7-6-10(17)8-11(12)16(20)21/h2-8H,9H2,1H3,(H,18,19)(H,20,21). The highest BCUT2D eigenvalue weighted by Gasteiger charge is 2.14. The zero-order valence-electron chi connectivity index (χ0n) is 12.2. The topological polar surface area (TPSA) is 84.9 Å². The zero-order valence-corrected chi connectivity index (χ0v) is 13.8. The van der Waals surface area contributed by atoms with Gasteiger partial charge in [0.05, 0.1) is 18.4 Å². The van der Waals surface area contributed by atoms with Crippen molar-refractivity contribution in [2.75, 3.05) is 19.0 Å². The molecule has 0 unspecified atom stereocenters. The summed E-state index contributed by atoms with van der Waals surface area (Å²) in [6.07, 6.45) is 0. The maximum atomic E-state index is 12.0. The number of carbonyl (C=O) groups is 2. The number of aromatic carboxylic acids is 1. The van der Waals surface area contributed by atoms with Crippen LogP contribution in [0.2, 0.25) is 0 Å². The number of halogens is 1. The van der Waals surface area contributed by atoms with Crippen LogP contribution in [-0.2, 0) is 4.79 Å². The Morgan fingerprint density at radius 1 is 1.17 bits per heavy atom. The number of rotatable bonds is 6. The highest BCUT2D eigenvalue weighted by Crippen LogP contribution is 2.26. The molecule has 0 heterocycles. The quantitative estimate of drug-likeness (QED) is 0.804. The van der Waals surface area contributed by atoms with Gasteiger partial charge >= 0.3 is 5.97 Å². The van der Waals surface area contributed by atoms with E-state index in [1.54, 1.807) is 30.3 Å². The molecule has 0 aliphatic carbocycles. The van der Waals surface area contributed by atoms with E-state index < -0.39 is 11.9 Å². The summed E-state index contributed by atoms with van der Waals surface area (Å²) in [5.41, 5.74) is 0.194. The average molecular weight is 380 g/mol. The normalized spacial score (nSPS) is 10.0. The lowest BCUT2D eigenvalue weighted by atomic mass is 10.2. The molecule has 2 N–H and O–H groups in total. The fourth-order valence-electron chi connectivity index (χ4n) is 1.87. The molecule has 0 bridgehead atoms. The zero-order chi connectivity index (χ0) is 16.8. The van der Waals surface area contributed by atoms with Gasteiger partial charge in [-0.15, -0.1) is 0 Å². The van der Waals surface area contributed by atoms with Gasteiger partial charge in [-0.2, -0.15) is 0 Å². The molecule has 0 aromatic heterocycles. The lowest BCUT2D eigenvalue weighted by Crippen LogP contribution is -2.21. The van der Waals surface area contributed by atoms with Crippen LogP contribution in [0, 0.1) is 0 Å². The Morgan fingerprint density at radius 3 is 2.52 bits per heavy atom. The first-order valence-corrected chi connectivity index (χ1v) is 7.39. The number of carboxylic acids is 1. The third-order valence-corrected chi connectivity index (χ3v) is 3.41. The van der Waals surface area contributed by atoms with Crippen molar-refractivity contribution < 1.29 is 24.2 Å². The Hall–Kier alpha value is -2.54. The molecule has 0 spiro atoms. The molecule has 1 amide bonds.